The molecule has 4 heteroatoms. The highest BCUT2D eigenvalue weighted by Crippen LogP contribution is 2.15. The van der Waals surface area contributed by atoms with Crippen molar-refractivity contribution in [3.05, 3.63) is 36.5 Å². The molecule has 1 aromatic heterocycles. The van der Waals surface area contributed by atoms with Crippen LogP contribution in [0.1, 0.15) is 32.6 Å². The Kier molecular flexibility index (Phi) is 5.81. The highest BCUT2D eigenvalue weighted by Gasteiger charge is 2.03. The van der Waals surface area contributed by atoms with E-state index >= 15 is 0 Å². The number of carbonyl (C=O) groups excluding carboxylic acids is 1. The molecule has 1 aromatic carbocycles. The predicted octanol–water partition coefficient (Wildman–Crippen LogP) is 2.67. The number of para-hydroxylation sites is 1. The predicted molar refractivity (Wildman–Crippen MR) is 87.1 cm³/mol. The van der Waals surface area contributed by atoms with E-state index in [4.69, 9.17) is 5.73 Å². The van der Waals surface area contributed by atoms with Gasteiger partial charge in [-0.05, 0) is 43.7 Å². The summed E-state index contributed by atoms with van der Waals surface area (Å²) in [7, 11) is 0. The van der Waals surface area contributed by atoms with Gasteiger partial charge in [0, 0.05) is 37.3 Å². The molecule has 0 aliphatic carbocycles. The van der Waals surface area contributed by atoms with E-state index in [-0.39, 0.29) is 11.9 Å². The first-order valence-corrected chi connectivity index (χ1v) is 7.73. The molecule has 2 aromatic rings. The molecule has 0 aliphatic heterocycles. The third kappa shape index (κ3) is 4.90. The van der Waals surface area contributed by atoms with Crippen LogP contribution in [0.15, 0.2) is 36.5 Å². The molecule has 1 atom stereocenters. The fraction of sp³-hybridized carbons (Fsp3) is 0.471. The van der Waals surface area contributed by atoms with Crippen molar-refractivity contribution in [2.45, 2.75) is 45.2 Å². The van der Waals surface area contributed by atoms with Crippen molar-refractivity contribution in [1.82, 2.24) is 9.88 Å². The van der Waals surface area contributed by atoms with Gasteiger partial charge in [0.05, 0.1) is 0 Å². The highest BCUT2D eigenvalue weighted by atomic mass is 16.1. The number of fused-ring (bicyclic) bond motifs is 1. The Morgan fingerprint density at radius 2 is 2.10 bits per heavy atom. The van der Waals surface area contributed by atoms with Crippen LogP contribution < -0.4 is 11.1 Å². The van der Waals surface area contributed by atoms with Crippen LogP contribution >= 0.6 is 0 Å². The van der Waals surface area contributed by atoms with E-state index in [1.807, 2.05) is 6.92 Å². The Labute approximate surface area is 126 Å². The van der Waals surface area contributed by atoms with Gasteiger partial charge >= 0.3 is 0 Å². The van der Waals surface area contributed by atoms with Gasteiger partial charge in [0.25, 0.3) is 0 Å². The van der Waals surface area contributed by atoms with Gasteiger partial charge in [-0.1, -0.05) is 18.2 Å². The Bertz CT molecular complexity index is 574. The van der Waals surface area contributed by atoms with Gasteiger partial charge in [-0.15, -0.1) is 0 Å². The van der Waals surface area contributed by atoms with Crippen LogP contribution in [0.2, 0.25) is 0 Å². The average Bonchev–Trinajstić information content (AvgIpc) is 2.86. The zero-order valence-electron chi connectivity index (χ0n) is 12.7. The van der Waals surface area contributed by atoms with E-state index in [9.17, 15) is 4.79 Å². The monoisotopic (exact) mass is 287 g/mol. The van der Waals surface area contributed by atoms with Crippen LogP contribution in [-0.4, -0.2) is 23.1 Å². The molecule has 0 radical (unpaired) electrons. The summed E-state index contributed by atoms with van der Waals surface area (Å²) in [6.07, 6.45) is 5.40. The van der Waals surface area contributed by atoms with E-state index in [0.29, 0.717) is 6.42 Å². The van der Waals surface area contributed by atoms with Crippen molar-refractivity contribution in [1.29, 1.82) is 0 Å². The number of amides is 1. The second kappa shape index (κ2) is 7.84. The second-order valence-electron chi connectivity index (χ2n) is 5.64. The zero-order chi connectivity index (χ0) is 15.1. The summed E-state index contributed by atoms with van der Waals surface area (Å²) in [5, 5.41) is 4.24. The zero-order valence-corrected chi connectivity index (χ0v) is 12.7. The van der Waals surface area contributed by atoms with E-state index in [0.717, 1.165) is 32.4 Å². The van der Waals surface area contributed by atoms with E-state index in [1.54, 1.807) is 0 Å². The number of nitrogens with two attached hydrogens (primary N) is 1. The Morgan fingerprint density at radius 1 is 1.29 bits per heavy atom. The fourth-order valence-corrected chi connectivity index (χ4v) is 2.49. The quantitative estimate of drug-likeness (QED) is 0.733. The lowest BCUT2D eigenvalue weighted by Crippen LogP contribution is -2.25. The summed E-state index contributed by atoms with van der Waals surface area (Å²) < 4.78 is 2.23. The lowest BCUT2D eigenvalue weighted by molar-refractivity contribution is -0.121. The Hall–Kier alpha value is -1.81. The smallest absolute Gasteiger partial charge is 0.219 e. The van der Waals surface area contributed by atoms with Crippen LogP contribution in [0, 0.1) is 0 Å². The number of nitrogens with one attached hydrogen (secondary N) is 1. The first-order valence-electron chi connectivity index (χ1n) is 7.73. The topological polar surface area (TPSA) is 60.1 Å². The maximum Gasteiger partial charge on any atom is 0.219 e. The maximum absolute atomic E-state index is 11.6. The summed E-state index contributed by atoms with van der Waals surface area (Å²) in [6, 6.07) is 10.7. The number of aryl methyl sites for hydroxylation is 1. The molecule has 0 bridgehead atoms. The van der Waals surface area contributed by atoms with Gasteiger partial charge in [0.1, 0.15) is 0 Å². The van der Waals surface area contributed by atoms with E-state index in [1.165, 1.54) is 10.9 Å². The molecule has 2 rings (SSSR count). The SMILES string of the molecule is CC(N)CCCC(=O)NCCCn1ccc2ccccc21. The number of aromatic nitrogens is 1. The van der Waals surface area contributed by atoms with E-state index < -0.39 is 0 Å². The van der Waals surface area contributed by atoms with Crippen LogP contribution in [-0.2, 0) is 11.3 Å². The molecule has 4 nitrogen and oxygen atoms in total. The third-order valence-corrected chi connectivity index (χ3v) is 3.64. The molecule has 1 heterocycles. The van der Waals surface area contributed by atoms with Crippen LogP contribution in [0.25, 0.3) is 10.9 Å². The summed E-state index contributed by atoms with van der Waals surface area (Å²) in [5.41, 5.74) is 6.92. The minimum Gasteiger partial charge on any atom is -0.356 e. The number of carbonyl (C=O) groups is 1. The summed E-state index contributed by atoms with van der Waals surface area (Å²) in [5.74, 6) is 0.132. The van der Waals surface area contributed by atoms with Gasteiger partial charge in [-0.3, -0.25) is 4.79 Å². The minimum absolute atomic E-state index is 0.132. The summed E-state index contributed by atoms with van der Waals surface area (Å²) >= 11 is 0. The van der Waals surface area contributed by atoms with Gasteiger partial charge < -0.3 is 15.6 Å². The van der Waals surface area contributed by atoms with Crippen molar-refractivity contribution >= 4 is 16.8 Å². The van der Waals surface area contributed by atoms with Crippen molar-refractivity contribution in [3.63, 3.8) is 0 Å². The number of rotatable bonds is 8. The molecule has 0 fully saturated rings. The number of hydrogen-bond donors (Lipinski definition) is 2. The summed E-state index contributed by atoms with van der Waals surface area (Å²) in [6.45, 7) is 3.62. The van der Waals surface area contributed by atoms with Gasteiger partial charge in [-0.2, -0.15) is 0 Å². The summed E-state index contributed by atoms with van der Waals surface area (Å²) in [4.78, 5) is 11.6. The van der Waals surface area contributed by atoms with Gasteiger partial charge in [0.2, 0.25) is 5.91 Å². The standard InChI is InChI=1S/C17H25N3O/c1-14(18)6-4-9-17(21)19-11-5-12-20-13-10-15-7-2-3-8-16(15)20/h2-3,7-8,10,13-14H,4-6,9,11-12,18H2,1H3,(H,19,21). The highest BCUT2D eigenvalue weighted by molar-refractivity contribution is 5.79. The van der Waals surface area contributed by atoms with Crippen molar-refractivity contribution in [3.8, 4) is 0 Å². The van der Waals surface area contributed by atoms with Crippen molar-refractivity contribution in [2.24, 2.45) is 5.73 Å². The largest absolute Gasteiger partial charge is 0.356 e. The molecule has 21 heavy (non-hydrogen) atoms. The van der Waals surface area contributed by atoms with Crippen molar-refractivity contribution < 1.29 is 4.79 Å². The maximum atomic E-state index is 11.6. The third-order valence-electron chi connectivity index (χ3n) is 3.64. The fourth-order valence-electron chi connectivity index (χ4n) is 2.49. The number of hydrogen-bond acceptors (Lipinski definition) is 2. The van der Waals surface area contributed by atoms with Crippen LogP contribution in [0.4, 0.5) is 0 Å². The first-order chi connectivity index (χ1) is 10.2. The minimum atomic E-state index is 0.132. The molecular formula is C17H25N3O. The van der Waals surface area contributed by atoms with Crippen LogP contribution in [0.5, 0.6) is 0 Å². The van der Waals surface area contributed by atoms with E-state index in [2.05, 4.69) is 46.4 Å². The van der Waals surface area contributed by atoms with Crippen LogP contribution in [0.3, 0.4) is 0 Å². The second-order valence-corrected chi connectivity index (χ2v) is 5.64. The average molecular weight is 287 g/mol. The van der Waals surface area contributed by atoms with Gasteiger partial charge in [-0.25, -0.2) is 0 Å². The first kappa shape index (κ1) is 15.6. The molecule has 0 saturated carbocycles. The molecule has 0 saturated heterocycles. The molecule has 1 amide bonds. The van der Waals surface area contributed by atoms with Crippen molar-refractivity contribution in [2.75, 3.05) is 6.54 Å². The molecule has 114 valence electrons. The lowest BCUT2D eigenvalue weighted by atomic mass is 10.1. The Morgan fingerprint density at radius 3 is 2.90 bits per heavy atom. The normalized spacial score (nSPS) is 12.5. The Balaban J connectivity index is 1.67. The molecular weight excluding hydrogens is 262 g/mol. The molecule has 1 unspecified atom stereocenters. The number of benzene rings is 1. The molecule has 0 aliphatic rings. The number of nitrogens with zero attached hydrogens (tertiary/aromatic N) is 1. The molecule has 3 N–H and O–H groups in total. The lowest BCUT2D eigenvalue weighted by Gasteiger charge is -2.08. The van der Waals surface area contributed by atoms with Gasteiger partial charge in [0.15, 0.2) is 0 Å². The molecule has 0 spiro atoms.